The number of nitrogens with one attached hydrogen (secondary N) is 1. The van der Waals surface area contributed by atoms with Gasteiger partial charge in [0.15, 0.2) is 6.61 Å². The van der Waals surface area contributed by atoms with Gasteiger partial charge in [0.05, 0.1) is 12.7 Å². The highest BCUT2D eigenvalue weighted by Gasteiger charge is 2.08. The number of rotatable bonds is 9. The van der Waals surface area contributed by atoms with Crippen molar-refractivity contribution in [3.63, 3.8) is 0 Å². The van der Waals surface area contributed by atoms with Crippen LogP contribution in [0.15, 0.2) is 54.6 Å². The van der Waals surface area contributed by atoms with E-state index in [0.717, 1.165) is 11.3 Å². The summed E-state index contributed by atoms with van der Waals surface area (Å²) in [4.78, 5) is 11.8. The Bertz CT molecular complexity index is 613. The molecule has 0 aliphatic heterocycles. The Balaban J connectivity index is 1.67. The molecule has 0 saturated heterocycles. The van der Waals surface area contributed by atoms with Crippen LogP contribution >= 0.6 is 0 Å². The molecule has 0 spiro atoms. The zero-order valence-electron chi connectivity index (χ0n) is 13.8. The van der Waals surface area contributed by atoms with E-state index >= 15 is 0 Å². The van der Waals surface area contributed by atoms with Crippen LogP contribution in [-0.2, 0) is 11.2 Å². The Kier molecular flexibility index (Phi) is 7.11. The van der Waals surface area contributed by atoms with Crippen molar-refractivity contribution in [2.24, 2.45) is 0 Å². The van der Waals surface area contributed by atoms with Crippen LogP contribution in [0.25, 0.3) is 0 Å². The molecule has 5 heteroatoms. The van der Waals surface area contributed by atoms with Gasteiger partial charge in [-0.05, 0) is 36.8 Å². The van der Waals surface area contributed by atoms with Crippen LogP contribution in [0.2, 0.25) is 0 Å². The SMILES string of the molecule is CCOc1ccc(OCC(=O)NCC(O)Cc2ccccc2)cc1. The van der Waals surface area contributed by atoms with Crippen LogP contribution in [0.3, 0.4) is 0 Å². The van der Waals surface area contributed by atoms with Crippen molar-refractivity contribution in [2.75, 3.05) is 19.8 Å². The molecule has 24 heavy (non-hydrogen) atoms. The zero-order valence-corrected chi connectivity index (χ0v) is 13.8. The Hall–Kier alpha value is -2.53. The molecule has 1 atom stereocenters. The van der Waals surface area contributed by atoms with Gasteiger partial charge >= 0.3 is 0 Å². The van der Waals surface area contributed by atoms with Crippen molar-refractivity contribution in [3.8, 4) is 11.5 Å². The molecule has 0 saturated carbocycles. The molecule has 2 N–H and O–H groups in total. The first kappa shape index (κ1) is 17.8. The topological polar surface area (TPSA) is 67.8 Å². The fourth-order valence-electron chi connectivity index (χ4n) is 2.19. The molecular formula is C19H23NO4. The van der Waals surface area contributed by atoms with E-state index in [1.165, 1.54) is 0 Å². The van der Waals surface area contributed by atoms with Gasteiger partial charge < -0.3 is 19.9 Å². The highest BCUT2D eigenvalue weighted by Crippen LogP contribution is 2.17. The first-order valence-corrected chi connectivity index (χ1v) is 8.01. The lowest BCUT2D eigenvalue weighted by Gasteiger charge is -2.12. The van der Waals surface area contributed by atoms with Crippen LogP contribution in [0.1, 0.15) is 12.5 Å². The largest absolute Gasteiger partial charge is 0.494 e. The summed E-state index contributed by atoms with van der Waals surface area (Å²) in [5.74, 6) is 1.09. The fourth-order valence-corrected chi connectivity index (χ4v) is 2.19. The molecule has 0 bridgehead atoms. The number of aliphatic hydroxyl groups is 1. The van der Waals surface area contributed by atoms with Gasteiger partial charge in [-0.3, -0.25) is 4.79 Å². The van der Waals surface area contributed by atoms with Crippen LogP contribution in [0, 0.1) is 0 Å². The van der Waals surface area contributed by atoms with Crippen molar-refractivity contribution in [1.29, 1.82) is 0 Å². The van der Waals surface area contributed by atoms with Crippen molar-refractivity contribution < 1.29 is 19.4 Å². The Morgan fingerprint density at radius 2 is 1.67 bits per heavy atom. The second-order valence-electron chi connectivity index (χ2n) is 5.34. The molecule has 0 aromatic heterocycles. The van der Waals surface area contributed by atoms with Crippen molar-refractivity contribution >= 4 is 5.91 Å². The van der Waals surface area contributed by atoms with E-state index in [0.29, 0.717) is 18.8 Å². The minimum atomic E-state index is -0.623. The molecule has 0 aliphatic carbocycles. The normalized spacial score (nSPS) is 11.6. The average Bonchev–Trinajstić information content (AvgIpc) is 2.60. The van der Waals surface area contributed by atoms with Crippen LogP contribution < -0.4 is 14.8 Å². The highest BCUT2D eigenvalue weighted by molar-refractivity contribution is 5.77. The van der Waals surface area contributed by atoms with E-state index in [9.17, 15) is 9.90 Å². The summed E-state index contributed by atoms with van der Waals surface area (Å²) in [5.41, 5.74) is 1.03. The number of hydrogen-bond donors (Lipinski definition) is 2. The summed E-state index contributed by atoms with van der Waals surface area (Å²) in [6.45, 7) is 2.63. The van der Waals surface area contributed by atoms with Crippen LogP contribution in [0.5, 0.6) is 11.5 Å². The summed E-state index contributed by atoms with van der Waals surface area (Å²) in [6.07, 6.45) is -0.122. The minimum Gasteiger partial charge on any atom is -0.494 e. The van der Waals surface area contributed by atoms with Gasteiger partial charge in [-0.15, -0.1) is 0 Å². The maximum absolute atomic E-state index is 11.8. The number of carbonyl (C=O) groups is 1. The van der Waals surface area contributed by atoms with Gasteiger partial charge in [0.2, 0.25) is 0 Å². The van der Waals surface area contributed by atoms with Gasteiger partial charge in [0.25, 0.3) is 5.91 Å². The van der Waals surface area contributed by atoms with Crippen molar-refractivity contribution in [1.82, 2.24) is 5.32 Å². The Labute approximate surface area is 142 Å². The number of carbonyl (C=O) groups excluding carboxylic acids is 1. The molecule has 1 unspecified atom stereocenters. The van der Waals surface area contributed by atoms with E-state index in [1.807, 2.05) is 37.3 Å². The van der Waals surface area contributed by atoms with E-state index in [-0.39, 0.29) is 19.1 Å². The fraction of sp³-hybridized carbons (Fsp3) is 0.316. The van der Waals surface area contributed by atoms with E-state index in [2.05, 4.69) is 5.32 Å². The molecule has 2 aromatic rings. The molecule has 0 aliphatic rings. The summed E-state index contributed by atoms with van der Waals surface area (Å²) in [7, 11) is 0. The maximum Gasteiger partial charge on any atom is 0.258 e. The smallest absolute Gasteiger partial charge is 0.258 e. The maximum atomic E-state index is 11.8. The Morgan fingerprint density at radius 3 is 2.29 bits per heavy atom. The molecule has 2 rings (SSSR count). The third-order valence-corrected chi connectivity index (χ3v) is 3.35. The van der Waals surface area contributed by atoms with E-state index in [1.54, 1.807) is 24.3 Å². The first-order valence-electron chi connectivity index (χ1n) is 8.01. The summed E-state index contributed by atoms with van der Waals surface area (Å²) in [6, 6.07) is 16.7. The standard InChI is InChI=1S/C19H23NO4/c1-2-23-17-8-10-18(11-9-17)24-14-19(22)20-13-16(21)12-15-6-4-3-5-7-15/h3-11,16,21H,2,12-14H2,1H3,(H,20,22). The van der Waals surface area contributed by atoms with Crippen LogP contribution in [-0.4, -0.2) is 36.9 Å². The third-order valence-electron chi connectivity index (χ3n) is 3.35. The lowest BCUT2D eigenvalue weighted by atomic mass is 10.1. The molecule has 2 aromatic carbocycles. The monoisotopic (exact) mass is 329 g/mol. The van der Waals surface area contributed by atoms with Gasteiger partial charge in [-0.1, -0.05) is 30.3 Å². The predicted molar refractivity (Wildman–Crippen MR) is 92.3 cm³/mol. The summed E-state index contributed by atoms with van der Waals surface area (Å²) in [5, 5.41) is 12.6. The zero-order chi connectivity index (χ0) is 17.2. The summed E-state index contributed by atoms with van der Waals surface area (Å²) < 4.78 is 10.7. The van der Waals surface area contributed by atoms with Crippen LogP contribution in [0.4, 0.5) is 0 Å². The second-order valence-corrected chi connectivity index (χ2v) is 5.34. The van der Waals surface area contributed by atoms with E-state index < -0.39 is 6.10 Å². The van der Waals surface area contributed by atoms with Crippen molar-refractivity contribution in [2.45, 2.75) is 19.4 Å². The number of ether oxygens (including phenoxy) is 2. The van der Waals surface area contributed by atoms with Gasteiger partial charge in [0, 0.05) is 13.0 Å². The molecule has 0 fully saturated rings. The van der Waals surface area contributed by atoms with Gasteiger partial charge in [-0.25, -0.2) is 0 Å². The van der Waals surface area contributed by atoms with Gasteiger partial charge in [-0.2, -0.15) is 0 Å². The second kappa shape index (κ2) is 9.57. The number of aliphatic hydroxyl groups excluding tert-OH is 1. The Morgan fingerprint density at radius 1 is 1.04 bits per heavy atom. The lowest BCUT2D eigenvalue weighted by molar-refractivity contribution is -0.123. The minimum absolute atomic E-state index is 0.0912. The van der Waals surface area contributed by atoms with Gasteiger partial charge in [0.1, 0.15) is 11.5 Å². The molecule has 128 valence electrons. The summed E-state index contributed by atoms with van der Waals surface area (Å²) >= 11 is 0. The average molecular weight is 329 g/mol. The molecule has 5 nitrogen and oxygen atoms in total. The first-order chi connectivity index (χ1) is 11.7. The number of benzene rings is 2. The predicted octanol–water partition coefficient (Wildman–Crippen LogP) is 2.18. The van der Waals surface area contributed by atoms with Crippen molar-refractivity contribution in [3.05, 3.63) is 60.2 Å². The number of amides is 1. The molecule has 0 heterocycles. The highest BCUT2D eigenvalue weighted by atomic mass is 16.5. The molecular weight excluding hydrogens is 306 g/mol. The number of hydrogen-bond acceptors (Lipinski definition) is 4. The third kappa shape index (κ3) is 6.30. The quantitative estimate of drug-likeness (QED) is 0.740. The molecule has 0 radical (unpaired) electrons. The van der Waals surface area contributed by atoms with E-state index in [4.69, 9.17) is 9.47 Å². The lowest BCUT2D eigenvalue weighted by Crippen LogP contribution is -2.36. The molecule has 1 amide bonds.